The molecule has 0 radical (unpaired) electrons. The Morgan fingerprint density at radius 3 is 1.33 bits per heavy atom. The van der Waals surface area contributed by atoms with Gasteiger partial charge in [-0.05, 0) is 6.92 Å². The van der Waals surface area contributed by atoms with Crippen molar-refractivity contribution in [1.82, 2.24) is 4.90 Å². The van der Waals surface area contributed by atoms with E-state index in [2.05, 4.69) is 0 Å². The first-order chi connectivity index (χ1) is 6.52. The predicted octanol–water partition coefficient (Wildman–Crippen LogP) is -1.78. The molecule has 0 aliphatic rings. The molecule has 0 heterocycles. The van der Waals surface area contributed by atoms with E-state index in [-0.39, 0.29) is 4.90 Å². The summed E-state index contributed by atoms with van der Waals surface area (Å²) in [6.07, 6.45) is 0. The first-order valence-electron chi connectivity index (χ1n) is 3.60. The zero-order valence-electron chi connectivity index (χ0n) is 7.76. The van der Waals surface area contributed by atoms with Crippen molar-refractivity contribution in [1.29, 1.82) is 0 Å². The van der Waals surface area contributed by atoms with E-state index in [4.69, 9.17) is 29.8 Å². The highest BCUT2D eigenvalue weighted by molar-refractivity contribution is 7.72. The summed E-state index contributed by atoms with van der Waals surface area (Å²) >= 11 is 0. The molecule has 0 unspecified atom stereocenters. The lowest BCUT2D eigenvalue weighted by atomic mass is 10.6. The van der Waals surface area contributed by atoms with Crippen molar-refractivity contribution >= 4 is 15.2 Å². The second-order valence-electron chi connectivity index (χ2n) is 2.88. The van der Waals surface area contributed by atoms with E-state index >= 15 is 0 Å². The molecule has 0 aromatic heterocycles. The molecule has 0 rings (SSSR count). The molecule has 0 saturated carbocycles. The minimum Gasteiger partial charge on any atom is -0.381 e. The molecule has 15 heavy (non-hydrogen) atoms. The van der Waals surface area contributed by atoms with Crippen molar-refractivity contribution in [2.75, 3.05) is 13.5 Å². The van der Waals surface area contributed by atoms with Gasteiger partial charge in [-0.1, -0.05) is 0 Å². The van der Waals surface area contributed by atoms with E-state index in [9.17, 15) is 9.13 Å². The molecule has 11 heteroatoms. The van der Waals surface area contributed by atoms with Crippen LogP contribution in [0.2, 0.25) is 0 Å². The minimum atomic E-state index is -5.26. The molecule has 0 atom stereocenters. The second kappa shape index (κ2) is 4.58. The normalized spacial score (nSPS) is 14.7. The number of hydrogen-bond acceptors (Lipinski definition) is 5. The van der Waals surface area contributed by atoms with Crippen LogP contribution >= 0.6 is 15.2 Å². The molecule has 6 N–H and O–H groups in total. The van der Waals surface area contributed by atoms with Crippen molar-refractivity contribution in [2.24, 2.45) is 0 Å². The zero-order valence-corrected chi connectivity index (χ0v) is 9.54. The maximum atomic E-state index is 11.0. The third-order valence-corrected chi connectivity index (χ3v) is 6.38. The van der Waals surface area contributed by atoms with Gasteiger partial charge in [0.1, 0.15) is 0 Å². The molecular weight excluding hydrogens is 252 g/mol. The standard InChI is InChI=1S/C4H13NO8P2/c1-4(14(8,9)10,15(11,12)13)5(2-6)3-7/h6-7H,2-3H2,1H3,(H2,8,9,10)(H2,11,12,13). The van der Waals surface area contributed by atoms with Crippen molar-refractivity contribution in [3.63, 3.8) is 0 Å². The molecule has 9 nitrogen and oxygen atoms in total. The van der Waals surface area contributed by atoms with Crippen molar-refractivity contribution in [3.8, 4) is 0 Å². The van der Waals surface area contributed by atoms with Gasteiger partial charge in [0.2, 0.25) is 5.02 Å². The fourth-order valence-corrected chi connectivity index (χ4v) is 3.20. The Balaban J connectivity index is 5.62. The van der Waals surface area contributed by atoms with Crippen LogP contribution in [0, 0.1) is 0 Å². The van der Waals surface area contributed by atoms with Gasteiger partial charge in [0.15, 0.2) is 0 Å². The third kappa shape index (κ3) is 2.65. The first kappa shape index (κ1) is 15.2. The Morgan fingerprint density at radius 1 is 1.00 bits per heavy atom. The van der Waals surface area contributed by atoms with Crippen LogP contribution in [-0.4, -0.2) is 53.2 Å². The van der Waals surface area contributed by atoms with Crippen LogP contribution in [0.1, 0.15) is 6.92 Å². The Morgan fingerprint density at radius 2 is 1.27 bits per heavy atom. The monoisotopic (exact) mass is 265 g/mol. The number of rotatable bonds is 5. The SMILES string of the molecule is CC(N(CO)CO)(P(=O)(O)O)P(=O)(O)O. The van der Waals surface area contributed by atoms with E-state index < -0.39 is 33.7 Å². The summed E-state index contributed by atoms with van der Waals surface area (Å²) < 4.78 is 22.0. The molecule has 0 amide bonds. The summed E-state index contributed by atoms with van der Waals surface area (Å²) in [6, 6.07) is 0. The summed E-state index contributed by atoms with van der Waals surface area (Å²) in [4.78, 5) is 35.6. The quantitative estimate of drug-likeness (QED) is 0.249. The summed E-state index contributed by atoms with van der Waals surface area (Å²) in [5.74, 6) is 0. The maximum Gasteiger partial charge on any atom is 0.357 e. The van der Waals surface area contributed by atoms with Gasteiger partial charge < -0.3 is 29.8 Å². The van der Waals surface area contributed by atoms with Gasteiger partial charge >= 0.3 is 15.2 Å². The lowest BCUT2D eigenvalue weighted by Crippen LogP contribution is -2.46. The van der Waals surface area contributed by atoms with Crippen LogP contribution in [0.4, 0.5) is 0 Å². The van der Waals surface area contributed by atoms with Gasteiger partial charge in [-0.15, -0.1) is 0 Å². The molecular formula is C4H13NO8P2. The lowest BCUT2D eigenvalue weighted by Gasteiger charge is -2.38. The van der Waals surface area contributed by atoms with Crippen LogP contribution in [0.3, 0.4) is 0 Å². The fraction of sp³-hybridized carbons (Fsp3) is 1.00. The van der Waals surface area contributed by atoms with Gasteiger partial charge in [-0.25, -0.2) is 4.90 Å². The topological polar surface area (TPSA) is 159 Å². The van der Waals surface area contributed by atoms with Crippen molar-refractivity contribution < 1.29 is 38.9 Å². The third-order valence-electron chi connectivity index (χ3n) is 2.04. The van der Waals surface area contributed by atoms with E-state index in [1.165, 1.54) is 0 Å². The van der Waals surface area contributed by atoms with E-state index in [1.54, 1.807) is 0 Å². The predicted molar refractivity (Wildman–Crippen MR) is 48.5 cm³/mol. The Labute approximate surface area is 85.3 Å². The minimum absolute atomic E-state index is 0.189. The summed E-state index contributed by atoms with van der Waals surface area (Å²) in [5.41, 5.74) is 0. The Bertz CT molecular complexity index is 280. The molecule has 0 bridgehead atoms. The number of aliphatic hydroxyl groups excluding tert-OH is 2. The van der Waals surface area contributed by atoms with Gasteiger partial charge in [-0.2, -0.15) is 0 Å². The van der Waals surface area contributed by atoms with E-state index in [1.807, 2.05) is 0 Å². The lowest BCUT2D eigenvalue weighted by molar-refractivity contribution is -0.00356. The first-order valence-corrected chi connectivity index (χ1v) is 6.83. The van der Waals surface area contributed by atoms with Crippen molar-refractivity contribution in [3.05, 3.63) is 0 Å². The highest BCUT2D eigenvalue weighted by Crippen LogP contribution is 2.69. The molecule has 0 aromatic rings. The Kier molecular flexibility index (Phi) is 4.64. The fourth-order valence-electron chi connectivity index (χ4n) is 0.851. The van der Waals surface area contributed by atoms with Crippen LogP contribution in [0.25, 0.3) is 0 Å². The average Bonchev–Trinajstić information content (AvgIpc) is 2.02. The zero-order chi connectivity index (χ0) is 12.5. The highest BCUT2D eigenvalue weighted by atomic mass is 31.2. The van der Waals surface area contributed by atoms with Gasteiger partial charge in [0, 0.05) is 0 Å². The number of hydrogen-bond donors (Lipinski definition) is 6. The van der Waals surface area contributed by atoms with Crippen LogP contribution in [0.5, 0.6) is 0 Å². The van der Waals surface area contributed by atoms with Crippen LogP contribution in [-0.2, 0) is 9.13 Å². The summed E-state index contributed by atoms with van der Waals surface area (Å²) in [5, 5.41) is 14.4. The number of aliphatic hydroxyl groups is 2. The van der Waals surface area contributed by atoms with E-state index in [0.29, 0.717) is 6.92 Å². The van der Waals surface area contributed by atoms with Gasteiger partial charge in [0.05, 0.1) is 13.5 Å². The molecule has 0 fully saturated rings. The van der Waals surface area contributed by atoms with Gasteiger partial charge in [0.25, 0.3) is 0 Å². The molecule has 0 aliphatic carbocycles. The number of nitrogens with zero attached hydrogens (tertiary/aromatic N) is 1. The average molecular weight is 265 g/mol. The highest BCUT2D eigenvalue weighted by Gasteiger charge is 2.60. The largest absolute Gasteiger partial charge is 0.381 e. The summed E-state index contributed by atoms with van der Waals surface area (Å²) in [6.45, 7) is -1.65. The maximum absolute atomic E-state index is 11.0. The second-order valence-corrected chi connectivity index (χ2v) is 7.15. The smallest absolute Gasteiger partial charge is 0.357 e. The van der Waals surface area contributed by atoms with Crippen LogP contribution in [0.15, 0.2) is 0 Å². The molecule has 0 aliphatic heterocycles. The van der Waals surface area contributed by atoms with Gasteiger partial charge in [-0.3, -0.25) is 9.13 Å². The molecule has 92 valence electrons. The van der Waals surface area contributed by atoms with Crippen LogP contribution < -0.4 is 0 Å². The molecule has 0 saturated heterocycles. The molecule has 0 aromatic carbocycles. The van der Waals surface area contributed by atoms with E-state index in [0.717, 1.165) is 0 Å². The summed E-state index contributed by atoms with van der Waals surface area (Å²) in [7, 11) is -10.5. The Hall–Kier alpha value is 0.180. The molecule has 0 spiro atoms. The van der Waals surface area contributed by atoms with Crippen molar-refractivity contribution in [2.45, 2.75) is 11.9 Å².